The van der Waals surface area contributed by atoms with Crippen molar-refractivity contribution < 1.29 is 23.0 Å². The van der Waals surface area contributed by atoms with Crippen LogP contribution in [0.25, 0.3) is 0 Å². The monoisotopic (exact) mass is 348 g/mol. The van der Waals surface area contributed by atoms with Crippen molar-refractivity contribution in [2.24, 2.45) is 0 Å². The second-order valence-corrected chi connectivity index (χ2v) is 5.73. The molecule has 1 fully saturated rings. The van der Waals surface area contributed by atoms with Crippen LogP contribution in [-0.2, 0) is 11.3 Å². The van der Waals surface area contributed by atoms with Crippen LogP contribution < -0.4 is 10.1 Å². The van der Waals surface area contributed by atoms with Crippen LogP contribution in [0.3, 0.4) is 0 Å². The Balaban J connectivity index is 1.55. The molecule has 0 unspecified atom stereocenters. The Kier molecular flexibility index (Phi) is 5.55. The lowest BCUT2D eigenvalue weighted by Gasteiger charge is -2.22. The van der Waals surface area contributed by atoms with Crippen molar-refractivity contribution in [2.45, 2.75) is 25.5 Å². The number of carbonyl (C=O) groups is 1. The van der Waals surface area contributed by atoms with Gasteiger partial charge in [0.25, 0.3) is 5.91 Å². The van der Waals surface area contributed by atoms with Crippen LogP contribution in [-0.4, -0.2) is 30.2 Å². The summed E-state index contributed by atoms with van der Waals surface area (Å²) in [7, 11) is 0. The number of benzene rings is 1. The van der Waals surface area contributed by atoms with E-state index in [0.717, 1.165) is 25.0 Å². The molecule has 1 aromatic heterocycles. The number of halogens is 2. The Bertz CT molecular complexity index is 732. The van der Waals surface area contributed by atoms with Crippen LogP contribution in [0.5, 0.6) is 5.88 Å². The number of aromatic nitrogens is 1. The van der Waals surface area contributed by atoms with E-state index in [2.05, 4.69) is 10.3 Å². The maximum absolute atomic E-state index is 13.5. The normalized spacial score (nSPS) is 15.0. The molecule has 3 rings (SSSR count). The van der Waals surface area contributed by atoms with Gasteiger partial charge < -0.3 is 14.8 Å². The first kappa shape index (κ1) is 17.3. The minimum atomic E-state index is -0.696. The molecule has 132 valence electrons. The molecule has 0 aliphatic carbocycles. The van der Waals surface area contributed by atoms with Gasteiger partial charge in [0.1, 0.15) is 17.7 Å². The van der Waals surface area contributed by atoms with Crippen molar-refractivity contribution >= 4 is 5.91 Å². The van der Waals surface area contributed by atoms with E-state index in [-0.39, 0.29) is 18.2 Å². The highest BCUT2D eigenvalue weighted by Gasteiger charge is 2.16. The summed E-state index contributed by atoms with van der Waals surface area (Å²) in [5.74, 6) is -1.29. The lowest BCUT2D eigenvalue weighted by molar-refractivity contribution is 0.0237. The number of hydrogen-bond donors (Lipinski definition) is 1. The predicted octanol–water partition coefficient (Wildman–Crippen LogP) is 2.85. The van der Waals surface area contributed by atoms with Gasteiger partial charge in [0.15, 0.2) is 0 Å². The third-order valence-corrected chi connectivity index (χ3v) is 3.91. The highest BCUT2D eigenvalue weighted by molar-refractivity contribution is 5.93. The minimum Gasteiger partial charge on any atom is -0.474 e. The highest BCUT2D eigenvalue weighted by Crippen LogP contribution is 2.16. The van der Waals surface area contributed by atoms with Gasteiger partial charge in [-0.1, -0.05) is 6.07 Å². The standard InChI is InChI=1S/C18H18F2N2O3/c19-14-3-1-12(16(20)9-14)10-22-18(23)13-2-4-17(21-11-13)25-15-5-7-24-8-6-15/h1-4,9,11,15H,5-8,10H2,(H,22,23). The fraction of sp³-hybridized carbons (Fsp3) is 0.333. The zero-order chi connectivity index (χ0) is 17.6. The van der Waals surface area contributed by atoms with Crippen molar-refractivity contribution in [1.29, 1.82) is 0 Å². The van der Waals surface area contributed by atoms with Gasteiger partial charge in [-0.15, -0.1) is 0 Å². The average Bonchev–Trinajstić information content (AvgIpc) is 2.62. The first-order chi connectivity index (χ1) is 12.1. The van der Waals surface area contributed by atoms with Crippen LogP contribution in [0.1, 0.15) is 28.8 Å². The van der Waals surface area contributed by atoms with E-state index in [4.69, 9.17) is 9.47 Å². The molecule has 1 aliphatic rings. The Labute approximate surface area is 144 Å². The number of pyridine rings is 1. The molecule has 0 atom stereocenters. The summed E-state index contributed by atoms with van der Waals surface area (Å²) in [6.45, 7) is 1.31. The summed E-state index contributed by atoms with van der Waals surface area (Å²) >= 11 is 0. The number of carbonyl (C=O) groups excluding carboxylic acids is 1. The molecule has 1 aromatic carbocycles. The van der Waals surface area contributed by atoms with E-state index in [1.807, 2.05) is 0 Å². The predicted molar refractivity (Wildman–Crippen MR) is 86.2 cm³/mol. The van der Waals surface area contributed by atoms with Crippen molar-refractivity contribution in [2.75, 3.05) is 13.2 Å². The lowest BCUT2D eigenvalue weighted by Crippen LogP contribution is -2.26. The van der Waals surface area contributed by atoms with Crippen molar-refractivity contribution in [3.8, 4) is 5.88 Å². The zero-order valence-electron chi connectivity index (χ0n) is 13.5. The topological polar surface area (TPSA) is 60.5 Å². The number of rotatable bonds is 5. The van der Waals surface area contributed by atoms with Crippen LogP contribution >= 0.6 is 0 Å². The summed E-state index contributed by atoms with van der Waals surface area (Å²) in [4.78, 5) is 16.2. The van der Waals surface area contributed by atoms with E-state index in [1.54, 1.807) is 12.1 Å². The smallest absolute Gasteiger partial charge is 0.253 e. The SMILES string of the molecule is O=C(NCc1ccc(F)cc1F)c1ccc(OC2CCOCC2)nc1. The fourth-order valence-electron chi connectivity index (χ4n) is 2.49. The molecule has 25 heavy (non-hydrogen) atoms. The van der Waals surface area contributed by atoms with E-state index in [0.29, 0.717) is 24.7 Å². The summed E-state index contributed by atoms with van der Waals surface area (Å²) in [6, 6.07) is 6.45. The van der Waals surface area contributed by atoms with Crippen LogP contribution in [0.2, 0.25) is 0 Å². The molecule has 7 heteroatoms. The molecule has 5 nitrogen and oxygen atoms in total. The number of nitrogens with zero attached hydrogens (tertiary/aromatic N) is 1. The average molecular weight is 348 g/mol. The summed E-state index contributed by atoms with van der Waals surface area (Å²) in [5, 5.41) is 2.58. The van der Waals surface area contributed by atoms with Gasteiger partial charge in [-0.3, -0.25) is 4.79 Å². The number of nitrogens with one attached hydrogen (secondary N) is 1. The van der Waals surface area contributed by atoms with Crippen LogP contribution in [0, 0.1) is 11.6 Å². The summed E-state index contributed by atoms with van der Waals surface area (Å²) < 4.78 is 37.4. The number of ether oxygens (including phenoxy) is 2. The van der Waals surface area contributed by atoms with Crippen LogP contribution in [0.15, 0.2) is 36.5 Å². The highest BCUT2D eigenvalue weighted by atomic mass is 19.1. The Morgan fingerprint density at radius 2 is 2.04 bits per heavy atom. The van der Waals surface area contributed by atoms with Crippen LogP contribution in [0.4, 0.5) is 8.78 Å². The van der Waals surface area contributed by atoms with E-state index in [1.165, 1.54) is 12.3 Å². The first-order valence-corrected chi connectivity index (χ1v) is 8.04. The number of amides is 1. The molecular weight excluding hydrogens is 330 g/mol. The van der Waals surface area contributed by atoms with Gasteiger partial charge >= 0.3 is 0 Å². The fourth-order valence-corrected chi connectivity index (χ4v) is 2.49. The molecule has 0 spiro atoms. The van der Waals surface area contributed by atoms with Crippen molar-refractivity contribution in [3.05, 3.63) is 59.3 Å². The molecule has 2 heterocycles. The Morgan fingerprint density at radius 1 is 1.24 bits per heavy atom. The maximum atomic E-state index is 13.5. The van der Waals surface area contributed by atoms with E-state index < -0.39 is 17.5 Å². The van der Waals surface area contributed by atoms with E-state index >= 15 is 0 Å². The van der Waals surface area contributed by atoms with Gasteiger partial charge in [-0.2, -0.15) is 0 Å². The van der Waals surface area contributed by atoms with Gasteiger partial charge in [-0.05, 0) is 12.1 Å². The Hall–Kier alpha value is -2.54. The molecule has 1 N–H and O–H groups in total. The Morgan fingerprint density at radius 3 is 2.72 bits per heavy atom. The molecular formula is C18H18F2N2O3. The van der Waals surface area contributed by atoms with E-state index in [9.17, 15) is 13.6 Å². The summed E-state index contributed by atoms with van der Waals surface area (Å²) in [5.41, 5.74) is 0.545. The third-order valence-electron chi connectivity index (χ3n) is 3.91. The second kappa shape index (κ2) is 8.02. The molecule has 0 saturated carbocycles. The maximum Gasteiger partial charge on any atom is 0.253 e. The summed E-state index contributed by atoms with van der Waals surface area (Å²) in [6.07, 6.45) is 3.10. The molecule has 0 bridgehead atoms. The first-order valence-electron chi connectivity index (χ1n) is 8.04. The number of hydrogen-bond acceptors (Lipinski definition) is 4. The molecule has 0 radical (unpaired) electrons. The largest absolute Gasteiger partial charge is 0.474 e. The van der Waals surface area contributed by atoms with Crippen molar-refractivity contribution in [3.63, 3.8) is 0 Å². The van der Waals surface area contributed by atoms with Gasteiger partial charge in [0, 0.05) is 43.3 Å². The van der Waals surface area contributed by atoms with Gasteiger partial charge in [-0.25, -0.2) is 13.8 Å². The quantitative estimate of drug-likeness (QED) is 0.903. The van der Waals surface area contributed by atoms with Gasteiger partial charge in [0.2, 0.25) is 5.88 Å². The molecule has 1 aliphatic heterocycles. The van der Waals surface area contributed by atoms with Gasteiger partial charge in [0.05, 0.1) is 18.8 Å². The third kappa shape index (κ3) is 4.73. The molecule has 1 saturated heterocycles. The minimum absolute atomic E-state index is 0.0364. The molecule has 1 amide bonds. The molecule has 2 aromatic rings. The second-order valence-electron chi connectivity index (χ2n) is 5.73. The van der Waals surface area contributed by atoms with Crippen molar-refractivity contribution in [1.82, 2.24) is 10.3 Å². The zero-order valence-corrected chi connectivity index (χ0v) is 13.5. The lowest BCUT2D eigenvalue weighted by atomic mass is 10.1.